The van der Waals surface area contributed by atoms with Crippen LogP contribution in [0.25, 0.3) is 0 Å². The summed E-state index contributed by atoms with van der Waals surface area (Å²) in [5.74, 6) is 4.82. The molecular formula is C27H43NO3. The van der Waals surface area contributed by atoms with Gasteiger partial charge in [0, 0.05) is 31.5 Å². The smallest absolute Gasteiger partial charge is 0.136 e. The number of ketones is 1. The zero-order valence-electron chi connectivity index (χ0n) is 19.8. The van der Waals surface area contributed by atoms with E-state index in [1.165, 1.54) is 25.8 Å². The highest BCUT2D eigenvalue weighted by Crippen LogP contribution is 2.66. The van der Waals surface area contributed by atoms with Crippen molar-refractivity contribution in [3.63, 3.8) is 0 Å². The van der Waals surface area contributed by atoms with Gasteiger partial charge in [-0.15, -0.1) is 0 Å². The number of nitrogens with zero attached hydrogens (tertiary/aromatic N) is 1. The molecule has 0 unspecified atom stereocenters. The molecule has 6 fully saturated rings. The first-order valence-electron chi connectivity index (χ1n) is 13.4. The summed E-state index contributed by atoms with van der Waals surface area (Å²) in [6.45, 7) is 9.23. The van der Waals surface area contributed by atoms with Gasteiger partial charge in [0.05, 0.1) is 11.7 Å². The molecule has 12 atom stereocenters. The van der Waals surface area contributed by atoms with E-state index in [2.05, 4.69) is 25.7 Å². The standard InChI is InChI=1S/C27H43NO3/c1-15-4-7-25-27(3,31)21-6-5-17-18(20(21)14-28(25)13-15)11-22-19(17)12-24(30)23-10-16(29)8-9-26(22,23)2/h15-23,25,29,31H,4-14H2,1-3H3/t15-,16-,17+,18+,19+,20+,21+,22+,23-,25-,26+,27-/m0/s1. The zero-order valence-corrected chi connectivity index (χ0v) is 19.8. The quantitative estimate of drug-likeness (QED) is 0.613. The van der Waals surface area contributed by atoms with Crippen molar-refractivity contribution in [1.29, 1.82) is 0 Å². The number of fused-ring (bicyclic) bond motifs is 8. The van der Waals surface area contributed by atoms with Crippen molar-refractivity contribution in [2.45, 2.75) is 96.3 Å². The van der Waals surface area contributed by atoms with E-state index in [1.54, 1.807) is 0 Å². The van der Waals surface area contributed by atoms with E-state index >= 15 is 0 Å². The molecule has 0 bridgehead atoms. The molecule has 0 aromatic heterocycles. The number of hydrogen-bond donors (Lipinski definition) is 2. The molecule has 6 aliphatic rings. The maximum Gasteiger partial charge on any atom is 0.136 e. The van der Waals surface area contributed by atoms with Gasteiger partial charge >= 0.3 is 0 Å². The van der Waals surface area contributed by atoms with Crippen molar-refractivity contribution in [2.75, 3.05) is 13.1 Å². The molecule has 2 saturated heterocycles. The van der Waals surface area contributed by atoms with E-state index < -0.39 is 5.60 Å². The minimum atomic E-state index is -0.570. The molecule has 2 aliphatic heterocycles. The van der Waals surface area contributed by atoms with E-state index in [0.717, 1.165) is 44.6 Å². The second-order valence-corrected chi connectivity index (χ2v) is 13.2. The Bertz CT molecular complexity index is 751. The Balaban J connectivity index is 1.31. The van der Waals surface area contributed by atoms with Crippen LogP contribution in [0.3, 0.4) is 0 Å². The average molecular weight is 430 g/mol. The predicted octanol–water partition coefficient (Wildman–Crippen LogP) is 3.89. The second kappa shape index (κ2) is 7.03. The van der Waals surface area contributed by atoms with Gasteiger partial charge in [0.25, 0.3) is 0 Å². The highest BCUT2D eigenvalue weighted by Gasteiger charge is 2.64. The van der Waals surface area contributed by atoms with Gasteiger partial charge in [0.2, 0.25) is 0 Å². The molecular weight excluding hydrogens is 386 g/mol. The van der Waals surface area contributed by atoms with Crippen molar-refractivity contribution >= 4 is 5.78 Å². The van der Waals surface area contributed by atoms with Crippen LogP contribution in [-0.4, -0.2) is 51.7 Å². The van der Waals surface area contributed by atoms with Gasteiger partial charge in [-0.05, 0) is 105 Å². The Kier molecular flexibility index (Phi) is 4.78. The molecule has 4 aliphatic carbocycles. The van der Waals surface area contributed by atoms with Gasteiger partial charge in [0.15, 0.2) is 0 Å². The lowest BCUT2D eigenvalue weighted by atomic mass is 9.51. The molecule has 0 aromatic rings. The second-order valence-electron chi connectivity index (χ2n) is 13.2. The van der Waals surface area contributed by atoms with Crippen LogP contribution in [0.4, 0.5) is 0 Å². The van der Waals surface area contributed by atoms with E-state index in [1.807, 2.05) is 0 Å². The van der Waals surface area contributed by atoms with Crippen LogP contribution in [0.15, 0.2) is 0 Å². The minimum absolute atomic E-state index is 0.0789. The van der Waals surface area contributed by atoms with Crippen LogP contribution in [0, 0.1) is 52.8 Å². The van der Waals surface area contributed by atoms with Crippen molar-refractivity contribution in [2.24, 2.45) is 52.8 Å². The van der Waals surface area contributed by atoms with Gasteiger partial charge in [-0.3, -0.25) is 9.69 Å². The lowest BCUT2D eigenvalue weighted by Crippen LogP contribution is -2.67. The highest BCUT2D eigenvalue weighted by molar-refractivity contribution is 5.83. The first-order valence-corrected chi connectivity index (χ1v) is 13.4. The average Bonchev–Trinajstić information content (AvgIpc) is 3.09. The molecule has 0 radical (unpaired) electrons. The zero-order chi connectivity index (χ0) is 21.7. The lowest BCUT2D eigenvalue weighted by Gasteiger charge is -2.59. The number of Topliss-reactive ketones (excluding diaryl/α,β-unsaturated/α-hetero) is 1. The Labute approximate surface area is 188 Å². The van der Waals surface area contributed by atoms with Crippen LogP contribution < -0.4 is 0 Å². The molecule has 2 N–H and O–H groups in total. The van der Waals surface area contributed by atoms with Crippen LogP contribution in [0.1, 0.15) is 78.6 Å². The predicted molar refractivity (Wildman–Crippen MR) is 120 cm³/mol. The molecule has 174 valence electrons. The fourth-order valence-corrected chi connectivity index (χ4v) is 10.4. The summed E-state index contributed by atoms with van der Waals surface area (Å²) >= 11 is 0. The van der Waals surface area contributed by atoms with E-state index in [-0.39, 0.29) is 17.4 Å². The summed E-state index contributed by atoms with van der Waals surface area (Å²) < 4.78 is 0. The van der Waals surface area contributed by atoms with Gasteiger partial charge in [-0.25, -0.2) is 0 Å². The SMILES string of the molecule is C[C@H]1CC[C@@H]2N(C1)C[C@@H]1[C@@H]3C[C@@H]4[C@H](CC(=O)[C@@H]5C[C@@H](O)CC[C@]45C)[C@@H]3CC[C@H]1[C@]2(C)O. The van der Waals surface area contributed by atoms with Gasteiger partial charge in [-0.2, -0.15) is 0 Å². The topological polar surface area (TPSA) is 60.8 Å². The normalized spacial score (nSPS) is 59.2. The maximum atomic E-state index is 13.2. The van der Waals surface area contributed by atoms with E-state index in [9.17, 15) is 15.0 Å². The van der Waals surface area contributed by atoms with Crippen LogP contribution >= 0.6 is 0 Å². The molecule has 4 saturated carbocycles. The molecule has 31 heavy (non-hydrogen) atoms. The molecule has 0 amide bonds. The fraction of sp³-hybridized carbons (Fsp3) is 0.963. The lowest BCUT2D eigenvalue weighted by molar-refractivity contribution is -0.175. The Hall–Kier alpha value is -0.450. The number of aliphatic hydroxyl groups excluding tert-OH is 1. The van der Waals surface area contributed by atoms with Crippen molar-refractivity contribution in [1.82, 2.24) is 4.90 Å². The third-order valence-corrected chi connectivity index (χ3v) is 11.8. The van der Waals surface area contributed by atoms with Crippen LogP contribution in [0.2, 0.25) is 0 Å². The molecule has 2 heterocycles. The summed E-state index contributed by atoms with van der Waals surface area (Å²) in [6, 6.07) is 0.341. The van der Waals surface area contributed by atoms with Gasteiger partial charge in [0.1, 0.15) is 5.78 Å². The monoisotopic (exact) mass is 429 g/mol. The Morgan fingerprint density at radius 1 is 0.903 bits per heavy atom. The van der Waals surface area contributed by atoms with E-state index in [4.69, 9.17) is 0 Å². The number of hydrogen-bond acceptors (Lipinski definition) is 4. The van der Waals surface area contributed by atoms with Gasteiger partial charge in [-0.1, -0.05) is 13.8 Å². The minimum Gasteiger partial charge on any atom is -0.393 e. The summed E-state index contributed by atoms with van der Waals surface area (Å²) in [4.78, 5) is 15.9. The number of piperidine rings is 2. The Morgan fingerprint density at radius 3 is 2.52 bits per heavy atom. The summed E-state index contributed by atoms with van der Waals surface area (Å²) in [5, 5.41) is 22.1. The van der Waals surface area contributed by atoms with Gasteiger partial charge < -0.3 is 10.2 Å². The van der Waals surface area contributed by atoms with Crippen molar-refractivity contribution in [3.8, 4) is 0 Å². The molecule has 4 heteroatoms. The summed E-state index contributed by atoms with van der Waals surface area (Å²) in [6.07, 6.45) is 9.08. The van der Waals surface area contributed by atoms with Crippen LogP contribution in [-0.2, 0) is 4.79 Å². The third kappa shape index (κ3) is 2.93. The number of carbonyl (C=O) groups excluding carboxylic acids is 1. The maximum absolute atomic E-state index is 13.2. The van der Waals surface area contributed by atoms with E-state index in [0.29, 0.717) is 53.8 Å². The molecule has 6 rings (SSSR count). The summed E-state index contributed by atoms with van der Waals surface area (Å²) in [7, 11) is 0. The first-order chi connectivity index (χ1) is 14.7. The number of carbonyl (C=O) groups is 1. The largest absolute Gasteiger partial charge is 0.393 e. The third-order valence-electron chi connectivity index (χ3n) is 11.8. The first kappa shape index (κ1) is 21.1. The molecule has 0 aromatic carbocycles. The fourth-order valence-electron chi connectivity index (χ4n) is 10.4. The summed E-state index contributed by atoms with van der Waals surface area (Å²) in [5.41, 5.74) is -0.482. The van der Waals surface area contributed by atoms with Crippen molar-refractivity contribution < 1.29 is 15.0 Å². The highest BCUT2D eigenvalue weighted by atomic mass is 16.3. The molecule has 0 spiro atoms. The van der Waals surface area contributed by atoms with Crippen LogP contribution in [0.5, 0.6) is 0 Å². The van der Waals surface area contributed by atoms with Crippen molar-refractivity contribution in [3.05, 3.63) is 0 Å². The Morgan fingerprint density at radius 2 is 1.71 bits per heavy atom. The number of rotatable bonds is 0. The number of aliphatic hydroxyl groups is 2. The molecule has 4 nitrogen and oxygen atoms in total.